The smallest absolute Gasteiger partial charge is 0.416 e. The largest absolute Gasteiger partial charge is 0.478 e. The van der Waals surface area contributed by atoms with E-state index in [4.69, 9.17) is 9.84 Å². The molecule has 162 valence electrons. The van der Waals surface area contributed by atoms with E-state index in [0.29, 0.717) is 26.3 Å². The number of halogens is 3. The van der Waals surface area contributed by atoms with E-state index in [-0.39, 0.29) is 27.4 Å². The van der Waals surface area contributed by atoms with Gasteiger partial charge in [0, 0.05) is 13.1 Å². The molecule has 0 radical (unpaired) electrons. The lowest BCUT2D eigenvalue weighted by molar-refractivity contribution is -0.137. The molecule has 0 aliphatic carbocycles. The van der Waals surface area contributed by atoms with Crippen LogP contribution < -0.4 is 9.62 Å². The number of ether oxygens (including phenoxy) is 1. The second-order valence-electron chi connectivity index (χ2n) is 6.72. The zero-order chi connectivity index (χ0) is 22.1. The molecule has 1 aliphatic rings. The summed E-state index contributed by atoms with van der Waals surface area (Å²) in [5.41, 5.74) is -0.965. The molecule has 1 heterocycles. The Morgan fingerprint density at radius 2 is 1.80 bits per heavy atom. The first-order valence-electron chi connectivity index (χ1n) is 8.90. The van der Waals surface area contributed by atoms with E-state index in [9.17, 15) is 26.4 Å². The molecule has 1 saturated heterocycles. The summed E-state index contributed by atoms with van der Waals surface area (Å²) in [7, 11) is -4.36. The van der Waals surface area contributed by atoms with Crippen molar-refractivity contribution >= 4 is 27.4 Å². The molecular weight excluding hydrogens is 425 g/mol. The Morgan fingerprint density at radius 1 is 1.13 bits per heavy atom. The minimum atomic E-state index is -4.66. The third-order valence-electron chi connectivity index (χ3n) is 4.64. The van der Waals surface area contributed by atoms with Crippen LogP contribution in [0.25, 0.3) is 0 Å². The van der Waals surface area contributed by atoms with Crippen molar-refractivity contribution in [2.45, 2.75) is 18.0 Å². The Bertz CT molecular complexity index is 1060. The molecule has 0 unspecified atom stereocenters. The highest BCUT2D eigenvalue weighted by molar-refractivity contribution is 7.92. The fraction of sp³-hybridized carbons (Fsp3) is 0.316. The highest BCUT2D eigenvalue weighted by Gasteiger charge is 2.32. The molecule has 2 N–H and O–H groups in total. The number of hydrogen-bond acceptors (Lipinski definition) is 5. The molecule has 0 amide bonds. The molecular formula is C19H19F3N2O5S. The summed E-state index contributed by atoms with van der Waals surface area (Å²) in [6, 6.07) is 6.39. The number of aromatic carboxylic acids is 1. The van der Waals surface area contributed by atoms with Crippen LogP contribution in [0.2, 0.25) is 0 Å². The molecule has 7 nitrogen and oxygen atoms in total. The summed E-state index contributed by atoms with van der Waals surface area (Å²) in [6.07, 6.45) is -4.66. The third kappa shape index (κ3) is 4.68. The van der Waals surface area contributed by atoms with Crippen molar-refractivity contribution in [3.8, 4) is 0 Å². The number of aryl methyl sites for hydroxylation is 1. The van der Waals surface area contributed by atoms with E-state index in [0.717, 1.165) is 18.2 Å². The summed E-state index contributed by atoms with van der Waals surface area (Å²) in [5, 5.41) is 9.14. The summed E-state index contributed by atoms with van der Waals surface area (Å²) >= 11 is 0. The first-order valence-corrected chi connectivity index (χ1v) is 10.4. The number of nitrogens with zero attached hydrogens (tertiary/aromatic N) is 1. The Kier molecular flexibility index (Phi) is 5.95. The topological polar surface area (TPSA) is 95.9 Å². The van der Waals surface area contributed by atoms with Crippen LogP contribution in [0.4, 0.5) is 24.5 Å². The van der Waals surface area contributed by atoms with Gasteiger partial charge in [-0.15, -0.1) is 0 Å². The van der Waals surface area contributed by atoms with E-state index in [2.05, 4.69) is 4.72 Å². The van der Waals surface area contributed by atoms with Crippen molar-refractivity contribution in [1.29, 1.82) is 0 Å². The van der Waals surface area contributed by atoms with Crippen LogP contribution in [-0.2, 0) is 20.9 Å². The molecule has 2 aromatic rings. The fourth-order valence-electron chi connectivity index (χ4n) is 3.10. The molecule has 1 aliphatic heterocycles. The summed E-state index contributed by atoms with van der Waals surface area (Å²) in [5.74, 6) is -1.32. The molecule has 0 spiro atoms. The fourth-order valence-corrected chi connectivity index (χ4v) is 4.43. The standard InChI is InChI=1S/C19H19F3N2O5S/c1-12-2-3-13(18(25)26)10-17(12)30(27,28)23-15-11-14(19(20,21)22)4-5-16(15)24-6-8-29-9-7-24/h2-5,10-11,23H,6-9H2,1H3,(H,25,26). The molecule has 0 saturated carbocycles. The number of rotatable bonds is 5. The van der Waals surface area contributed by atoms with Gasteiger partial charge in [-0.3, -0.25) is 4.72 Å². The van der Waals surface area contributed by atoms with Gasteiger partial charge in [-0.1, -0.05) is 6.07 Å². The van der Waals surface area contributed by atoms with Crippen LogP contribution in [0.1, 0.15) is 21.5 Å². The van der Waals surface area contributed by atoms with Crippen molar-refractivity contribution in [2.75, 3.05) is 35.9 Å². The van der Waals surface area contributed by atoms with E-state index >= 15 is 0 Å². The number of carbonyl (C=O) groups is 1. The Balaban J connectivity index is 2.07. The number of benzene rings is 2. The van der Waals surface area contributed by atoms with Crippen LogP contribution in [0.5, 0.6) is 0 Å². The van der Waals surface area contributed by atoms with Crippen molar-refractivity contribution in [2.24, 2.45) is 0 Å². The first-order chi connectivity index (χ1) is 14.0. The molecule has 2 aromatic carbocycles. The van der Waals surface area contributed by atoms with E-state index in [1.807, 2.05) is 0 Å². The van der Waals surface area contributed by atoms with E-state index < -0.39 is 27.7 Å². The molecule has 11 heteroatoms. The van der Waals surface area contributed by atoms with E-state index in [1.54, 1.807) is 4.90 Å². The maximum absolute atomic E-state index is 13.2. The second kappa shape index (κ2) is 8.15. The van der Waals surface area contributed by atoms with Gasteiger partial charge in [-0.25, -0.2) is 13.2 Å². The number of nitrogens with one attached hydrogen (secondary N) is 1. The normalized spacial score (nSPS) is 15.1. The van der Waals surface area contributed by atoms with Crippen molar-refractivity contribution in [3.63, 3.8) is 0 Å². The van der Waals surface area contributed by atoms with Crippen LogP contribution >= 0.6 is 0 Å². The first kappa shape index (κ1) is 21.9. The van der Waals surface area contributed by atoms with Crippen LogP contribution in [0.3, 0.4) is 0 Å². The van der Waals surface area contributed by atoms with Gasteiger partial charge in [0.25, 0.3) is 10.0 Å². The number of hydrogen-bond donors (Lipinski definition) is 2. The van der Waals surface area contributed by atoms with E-state index in [1.165, 1.54) is 25.1 Å². The Hall–Kier alpha value is -2.79. The maximum atomic E-state index is 13.2. The molecule has 0 atom stereocenters. The van der Waals surface area contributed by atoms with Gasteiger partial charge in [0.1, 0.15) is 0 Å². The van der Waals surface area contributed by atoms with Crippen LogP contribution in [0, 0.1) is 6.92 Å². The maximum Gasteiger partial charge on any atom is 0.416 e. The van der Waals surface area contributed by atoms with Gasteiger partial charge in [0.2, 0.25) is 0 Å². The summed E-state index contributed by atoms with van der Waals surface area (Å²) in [4.78, 5) is 12.6. The zero-order valence-electron chi connectivity index (χ0n) is 15.9. The predicted molar refractivity (Wildman–Crippen MR) is 103 cm³/mol. The van der Waals surface area contributed by atoms with Crippen LogP contribution in [0.15, 0.2) is 41.3 Å². The second-order valence-corrected chi connectivity index (χ2v) is 8.37. The molecule has 0 bridgehead atoms. The summed E-state index contributed by atoms with van der Waals surface area (Å²) in [6.45, 7) is 2.94. The summed E-state index contributed by atoms with van der Waals surface area (Å²) < 4.78 is 73.1. The Labute approximate surface area is 171 Å². The number of carboxylic acids is 1. The molecule has 30 heavy (non-hydrogen) atoms. The minimum absolute atomic E-state index is 0.244. The SMILES string of the molecule is Cc1ccc(C(=O)O)cc1S(=O)(=O)Nc1cc(C(F)(F)F)ccc1N1CCOCC1. The number of morpholine rings is 1. The number of anilines is 2. The van der Waals surface area contributed by atoms with Gasteiger partial charge < -0.3 is 14.7 Å². The van der Waals surface area contributed by atoms with Crippen molar-refractivity contribution < 1.29 is 36.2 Å². The monoisotopic (exact) mass is 444 g/mol. The lowest BCUT2D eigenvalue weighted by Gasteiger charge is -2.31. The quantitative estimate of drug-likeness (QED) is 0.735. The third-order valence-corrected chi connectivity index (χ3v) is 6.15. The zero-order valence-corrected chi connectivity index (χ0v) is 16.7. The van der Waals surface area contributed by atoms with Crippen LogP contribution in [-0.4, -0.2) is 45.8 Å². The van der Waals surface area contributed by atoms with Gasteiger partial charge in [0.15, 0.2) is 0 Å². The van der Waals surface area contributed by atoms with Gasteiger partial charge in [-0.05, 0) is 42.8 Å². The number of carboxylic acid groups (broad SMARTS) is 1. The highest BCUT2D eigenvalue weighted by atomic mass is 32.2. The molecule has 0 aromatic heterocycles. The average molecular weight is 444 g/mol. The minimum Gasteiger partial charge on any atom is -0.478 e. The molecule has 3 rings (SSSR count). The lowest BCUT2D eigenvalue weighted by Crippen LogP contribution is -2.37. The van der Waals surface area contributed by atoms with Gasteiger partial charge >= 0.3 is 12.1 Å². The number of alkyl halides is 3. The Morgan fingerprint density at radius 3 is 2.40 bits per heavy atom. The molecule has 1 fully saturated rings. The lowest BCUT2D eigenvalue weighted by atomic mass is 10.1. The van der Waals surface area contributed by atoms with Gasteiger partial charge in [-0.2, -0.15) is 13.2 Å². The predicted octanol–water partition coefficient (Wildman–Crippen LogP) is 3.35. The average Bonchev–Trinajstić information content (AvgIpc) is 2.67. The number of sulfonamides is 1. The van der Waals surface area contributed by atoms with Gasteiger partial charge in [0.05, 0.1) is 40.6 Å². The van der Waals surface area contributed by atoms with Crippen molar-refractivity contribution in [1.82, 2.24) is 0 Å². The highest BCUT2D eigenvalue weighted by Crippen LogP contribution is 2.37. The van der Waals surface area contributed by atoms with Crippen molar-refractivity contribution in [3.05, 3.63) is 53.1 Å².